The Morgan fingerprint density at radius 2 is 1.40 bits per heavy atom. The van der Waals surface area contributed by atoms with Gasteiger partial charge in [-0.1, -0.05) is 6.08 Å². The van der Waals surface area contributed by atoms with Crippen LogP contribution in [0, 0.1) is 0 Å². The topological polar surface area (TPSA) is 9.72 Å². The molecule has 0 aliphatic carbocycles. The molecule has 0 bridgehead atoms. The fourth-order valence-electron chi connectivity index (χ4n) is 1.89. The molecule has 0 amide bonds. The lowest BCUT2D eigenvalue weighted by atomic mass is 10.3. The van der Waals surface area contributed by atoms with E-state index in [2.05, 4.69) is 48.1 Å². The molecule has 1 rings (SSSR count). The van der Waals surface area contributed by atoms with Crippen molar-refractivity contribution in [3.8, 4) is 0 Å². The van der Waals surface area contributed by atoms with Crippen molar-refractivity contribution in [1.29, 1.82) is 0 Å². The molecular formula is C12H25N3. The molecule has 0 saturated heterocycles. The van der Waals surface area contributed by atoms with E-state index in [0.29, 0.717) is 0 Å². The second-order valence-corrected chi connectivity index (χ2v) is 4.64. The monoisotopic (exact) mass is 211 g/mol. The van der Waals surface area contributed by atoms with E-state index in [0.717, 1.165) is 13.1 Å². The van der Waals surface area contributed by atoms with Crippen LogP contribution in [0.5, 0.6) is 0 Å². The van der Waals surface area contributed by atoms with Gasteiger partial charge in [-0.05, 0) is 52.8 Å². The van der Waals surface area contributed by atoms with Crippen LogP contribution < -0.4 is 0 Å². The van der Waals surface area contributed by atoms with E-state index in [-0.39, 0.29) is 0 Å². The normalized spacial score (nSPS) is 25.7. The first kappa shape index (κ1) is 12.5. The predicted octanol–water partition coefficient (Wildman–Crippen LogP) is 1.09. The van der Waals surface area contributed by atoms with Gasteiger partial charge in [-0.2, -0.15) is 0 Å². The molecule has 0 saturated carbocycles. The van der Waals surface area contributed by atoms with E-state index in [1.165, 1.54) is 32.5 Å². The summed E-state index contributed by atoms with van der Waals surface area (Å²) in [6.07, 6.45) is 6.99. The van der Waals surface area contributed by atoms with Gasteiger partial charge in [0.2, 0.25) is 0 Å². The molecule has 15 heavy (non-hydrogen) atoms. The van der Waals surface area contributed by atoms with Gasteiger partial charge >= 0.3 is 0 Å². The zero-order valence-corrected chi connectivity index (χ0v) is 10.4. The maximum absolute atomic E-state index is 2.44. The Bertz CT molecular complexity index is 191. The van der Waals surface area contributed by atoms with Crippen molar-refractivity contribution >= 4 is 0 Å². The molecule has 88 valence electrons. The van der Waals surface area contributed by atoms with E-state index in [1.54, 1.807) is 0 Å². The molecule has 0 N–H and O–H groups in total. The highest BCUT2D eigenvalue weighted by molar-refractivity contribution is 4.83. The fourth-order valence-corrected chi connectivity index (χ4v) is 1.89. The van der Waals surface area contributed by atoms with Gasteiger partial charge in [-0.3, -0.25) is 0 Å². The summed E-state index contributed by atoms with van der Waals surface area (Å²) in [5, 5.41) is 0. The molecule has 0 atom stereocenters. The first-order chi connectivity index (χ1) is 7.18. The first-order valence-corrected chi connectivity index (χ1v) is 5.92. The fraction of sp³-hybridized carbons (Fsp3) is 0.833. The zero-order valence-electron chi connectivity index (χ0n) is 10.4. The van der Waals surface area contributed by atoms with E-state index in [9.17, 15) is 0 Å². The summed E-state index contributed by atoms with van der Waals surface area (Å²) in [6, 6.07) is 0. The summed E-state index contributed by atoms with van der Waals surface area (Å²) < 4.78 is 0. The molecule has 0 fully saturated rings. The minimum Gasteiger partial charge on any atom is -0.381 e. The van der Waals surface area contributed by atoms with Crippen molar-refractivity contribution in [3.05, 3.63) is 12.3 Å². The molecule has 0 aromatic carbocycles. The number of hydrogen-bond acceptors (Lipinski definition) is 3. The third-order valence-electron chi connectivity index (χ3n) is 2.91. The third-order valence-corrected chi connectivity index (χ3v) is 2.91. The van der Waals surface area contributed by atoms with Crippen LogP contribution in [0.2, 0.25) is 0 Å². The second kappa shape index (κ2) is 6.85. The molecule has 1 aliphatic heterocycles. The van der Waals surface area contributed by atoms with Gasteiger partial charge in [0.25, 0.3) is 0 Å². The summed E-state index contributed by atoms with van der Waals surface area (Å²) in [6.45, 7) is 5.84. The van der Waals surface area contributed by atoms with E-state index < -0.39 is 0 Å². The van der Waals surface area contributed by atoms with Crippen LogP contribution in [-0.2, 0) is 0 Å². The van der Waals surface area contributed by atoms with Crippen LogP contribution in [0.4, 0.5) is 0 Å². The molecule has 0 unspecified atom stereocenters. The van der Waals surface area contributed by atoms with Crippen molar-refractivity contribution in [2.75, 3.05) is 53.9 Å². The summed E-state index contributed by atoms with van der Waals surface area (Å²) in [7, 11) is 6.57. The Hall–Kier alpha value is -0.540. The van der Waals surface area contributed by atoms with Crippen LogP contribution in [0.3, 0.4) is 0 Å². The van der Waals surface area contributed by atoms with Crippen LogP contribution in [0.15, 0.2) is 12.3 Å². The number of rotatable bonds is 0. The number of hydrogen-bond donors (Lipinski definition) is 0. The number of nitrogens with zero attached hydrogens (tertiary/aromatic N) is 3. The van der Waals surface area contributed by atoms with E-state index >= 15 is 0 Å². The highest BCUT2D eigenvalue weighted by atomic mass is 15.1. The largest absolute Gasteiger partial charge is 0.381 e. The first-order valence-electron chi connectivity index (χ1n) is 5.92. The van der Waals surface area contributed by atoms with Crippen molar-refractivity contribution in [3.63, 3.8) is 0 Å². The van der Waals surface area contributed by atoms with Crippen LogP contribution in [0.1, 0.15) is 12.8 Å². The van der Waals surface area contributed by atoms with Crippen LogP contribution in [0.25, 0.3) is 0 Å². The van der Waals surface area contributed by atoms with Crippen LogP contribution in [-0.4, -0.2) is 68.6 Å². The van der Waals surface area contributed by atoms with Crippen molar-refractivity contribution in [2.45, 2.75) is 12.8 Å². The maximum atomic E-state index is 2.44. The molecule has 0 aromatic heterocycles. The lowest BCUT2D eigenvalue weighted by molar-refractivity contribution is 0.273. The summed E-state index contributed by atoms with van der Waals surface area (Å²) in [5.74, 6) is 0. The van der Waals surface area contributed by atoms with Gasteiger partial charge < -0.3 is 14.7 Å². The minimum atomic E-state index is 1.06. The Balaban J connectivity index is 2.41. The summed E-state index contributed by atoms with van der Waals surface area (Å²) in [5.41, 5.74) is 0. The highest BCUT2D eigenvalue weighted by Gasteiger charge is 2.02. The van der Waals surface area contributed by atoms with Crippen molar-refractivity contribution in [2.24, 2.45) is 0 Å². The molecule has 0 spiro atoms. The van der Waals surface area contributed by atoms with Gasteiger partial charge in [0.15, 0.2) is 0 Å². The number of likely N-dealkylation sites (N-methyl/N-ethyl adjacent to an activating group) is 1. The summed E-state index contributed by atoms with van der Waals surface area (Å²) >= 11 is 0. The molecule has 3 nitrogen and oxygen atoms in total. The predicted molar refractivity (Wildman–Crippen MR) is 66.0 cm³/mol. The smallest absolute Gasteiger partial charge is 0.0181 e. The second-order valence-electron chi connectivity index (χ2n) is 4.64. The average Bonchev–Trinajstić information content (AvgIpc) is 2.16. The Morgan fingerprint density at radius 3 is 2.13 bits per heavy atom. The lowest BCUT2D eigenvalue weighted by Gasteiger charge is -2.22. The Morgan fingerprint density at radius 1 is 0.800 bits per heavy atom. The molecule has 0 radical (unpaired) electrons. The summed E-state index contributed by atoms with van der Waals surface area (Å²) in [4.78, 5) is 7.09. The molecule has 0 aromatic rings. The molecular weight excluding hydrogens is 186 g/mol. The zero-order chi connectivity index (χ0) is 11.1. The standard InChI is InChI=1S/C12H25N3/c1-13-7-4-9-14(2)11-6-12-15(3)10-5-8-13/h4,7H,5-6,8-12H2,1-3H3/b7-4-. The van der Waals surface area contributed by atoms with Gasteiger partial charge in [0, 0.05) is 20.1 Å². The molecule has 3 heteroatoms. The van der Waals surface area contributed by atoms with E-state index in [1.807, 2.05) is 0 Å². The Kier molecular flexibility index (Phi) is 5.73. The van der Waals surface area contributed by atoms with Gasteiger partial charge in [0.05, 0.1) is 0 Å². The van der Waals surface area contributed by atoms with Crippen molar-refractivity contribution < 1.29 is 0 Å². The van der Waals surface area contributed by atoms with E-state index in [4.69, 9.17) is 0 Å². The molecule has 1 aliphatic rings. The maximum Gasteiger partial charge on any atom is 0.0181 e. The van der Waals surface area contributed by atoms with Gasteiger partial charge in [0.1, 0.15) is 0 Å². The van der Waals surface area contributed by atoms with Crippen LogP contribution >= 0.6 is 0 Å². The van der Waals surface area contributed by atoms with Gasteiger partial charge in [-0.15, -0.1) is 0 Å². The Labute approximate surface area is 94.3 Å². The molecule has 1 heterocycles. The average molecular weight is 211 g/mol. The minimum absolute atomic E-state index is 1.06. The van der Waals surface area contributed by atoms with Gasteiger partial charge in [-0.25, -0.2) is 0 Å². The lowest BCUT2D eigenvalue weighted by Crippen LogP contribution is -2.29. The quantitative estimate of drug-likeness (QED) is 0.594. The highest BCUT2D eigenvalue weighted by Crippen LogP contribution is 1.97. The van der Waals surface area contributed by atoms with Crippen molar-refractivity contribution in [1.82, 2.24) is 14.7 Å². The SMILES string of the molecule is CN1/C=C\CN(C)CCCN(C)CCC1. The third kappa shape index (κ3) is 5.80.